The number of nitrogens with zero attached hydrogens (tertiary/aromatic N) is 1. The molecule has 0 fully saturated rings. The van der Waals surface area contributed by atoms with E-state index in [-0.39, 0.29) is 0 Å². The number of anilines is 1. The van der Waals surface area contributed by atoms with Crippen molar-refractivity contribution in [1.82, 2.24) is 0 Å². The van der Waals surface area contributed by atoms with Crippen LogP contribution in [0, 0.1) is 6.92 Å². The molecule has 0 aromatic heterocycles. The zero-order valence-electron chi connectivity index (χ0n) is 10.8. The second kappa shape index (κ2) is 5.35. The highest BCUT2D eigenvalue weighted by Gasteiger charge is 2.21. The molecule has 0 aliphatic heterocycles. The van der Waals surface area contributed by atoms with Crippen molar-refractivity contribution in [3.8, 4) is 0 Å². The molecule has 0 aliphatic carbocycles. The van der Waals surface area contributed by atoms with Gasteiger partial charge in [-0.05, 0) is 44.9 Å². The molecule has 1 atom stereocenters. The number of aliphatic hydroxyl groups is 1. The van der Waals surface area contributed by atoms with Crippen LogP contribution in [0.4, 0.5) is 5.69 Å². The molecule has 2 nitrogen and oxygen atoms in total. The number of hydrogen-bond donors (Lipinski definition) is 1. The standard InChI is InChI=1S/C14H23NO/c1-5-14(4,16)11-15(6-2)13-9-7-8-12(3)10-13/h7-10,16H,5-6,11H2,1-4H3. The van der Waals surface area contributed by atoms with Crippen LogP contribution in [0.2, 0.25) is 0 Å². The first kappa shape index (κ1) is 13.0. The van der Waals surface area contributed by atoms with Crippen LogP contribution in [0.15, 0.2) is 24.3 Å². The van der Waals surface area contributed by atoms with E-state index in [1.807, 2.05) is 13.8 Å². The van der Waals surface area contributed by atoms with Gasteiger partial charge >= 0.3 is 0 Å². The first-order valence-corrected chi connectivity index (χ1v) is 6.02. The summed E-state index contributed by atoms with van der Waals surface area (Å²) in [5, 5.41) is 10.1. The van der Waals surface area contributed by atoms with Crippen LogP contribution < -0.4 is 4.90 Å². The summed E-state index contributed by atoms with van der Waals surface area (Å²) < 4.78 is 0. The first-order chi connectivity index (χ1) is 7.48. The topological polar surface area (TPSA) is 23.5 Å². The Morgan fingerprint density at radius 1 is 1.31 bits per heavy atom. The van der Waals surface area contributed by atoms with Gasteiger partial charge in [0, 0.05) is 18.8 Å². The minimum absolute atomic E-state index is 0.611. The molecule has 0 aliphatic rings. The van der Waals surface area contributed by atoms with Gasteiger partial charge in [0.2, 0.25) is 0 Å². The predicted molar refractivity (Wildman–Crippen MR) is 70.0 cm³/mol. The van der Waals surface area contributed by atoms with Gasteiger partial charge in [-0.3, -0.25) is 0 Å². The van der Waals surface area contributed by atoms with Gasteiger partial charge in [-0.25, -0.2) is 0 Å². The Balaban J connectivity index is 2.82. The van der Waals surface area contributed by atoms with E-state index in [0.29, 0.717) is 6.54 Å². The lowest BCUT2D eigenvalue weighted by atomic mass is 10.0. The van der Waals surface area contributed by atoms with E-state index in [4.69, 9.17) is 0 Å². The molecule has 1 aromatic carbocycles. The third kappa shape index (κ3) is 3.53. The minimum Gasteiger partial charge on any atom is -0.388 e. The van der Waals surface area contributed by atoms with Gasteiger partial charge in [-0.15, -0.1) is 0 Å². The molecule has 16 heavy (non-hydrogen) atoms. The second-order valence-electron chi connectivity index (χ2n) is 4.70. The molecule has 0 saturated carbocycles. The Bertz CT molecular complexity index is 333. The molecule has 0 amide bonds. The van der Waals surface area contributed by atoms with E-state index in [1.165, 1.54) is 11.3 Å². The Morgan fingerprint density at radius 3 is 2.50 bits per heavy atom. The van der Waals surface area contributed by atoms with Crippen molar-refractivity contribution >= 4 is 5.69 Å². The molecular formula is C14H23NO. The molecule has 1 rings (SSSR count). The number of rotatable bonds is 5. The molecule has 1 unspecified atom stereocenters. The molecule has 1 N–H and O–H groups in total. The second-order valence-corrected chi connectivity index (χ2v) is 4.70. The van der Waals surface area contributed by atoms with Gasteiger partial charge in [0.1, 0.15) is 0 Å². The first-order valence-electron chi connectivity index (χ1n) is 6.02. The van der Waals surface area contributed by atoms with Crippen molar-refractivity contribution in [3.05, 3.63) is 29.8 Å². The molecule has 90 valence electrons. The Morgan fingerprint density at radius 2 is 2.00 bits per heavy atom. The SMILES string of the molecule is CCN(CC(C)(O)CC)c1cccc(C)c1. The van der Waals surface area contributed by atoms with E-state index in [9.17, 15) is 5.11 Å². The maximum Gasteiger partial charge on any atom is 0.0791 e. The highest BCUT2D eigenvalue weighted by molar-refractivity contribution is 5.48. The summed E-state index contributed by atoms with van der Waals surface area (Å²) >= 11 is 0. The summed E-state index contributed by atoms with van der Waals surface area (Å²) in [7, 11) is 0. The lowest BCUT2D eigenvalue weighted by Crippen LogP contribution is -2.40. The number of likely N-dealkylation sites (N-methyl/N-ethyl adjacent to an activating group) is 1. The zero-order valence-corrected chi connectivity index (χ0v) is 10.8. The van der Waals surface area contributed by atoms with E-state index in [2.05, 4.69) is 43.0 Å². The molecule has 0 radical (unpaired) electrons. The summed E-state index contributed by atoms with van der Waals surface area (Å²) in [6.07, 6.45) is 0.773. The molecule has 0 heterocycles. The third-order valence-corrected chi connectivity index (χ3v) is 3.04. The predicted octanol–water partition coefficient (Wildman–Crippen LogP) is 2.98. The highest BCUT2D eigenvalue weighted by atomic mass is 16.3. The third-order valence-electron chi connectivity index (χ3n) is 3.04. The van der Waals surface area contributed by atoms with Crippen LogP contribution in [0.1, 0.15) is 32.8 Å². The summed E-state index contributed by atoms with van der Waals surface area (Å²) in [6, 6.07) is 8.42. The van der Waals surface area contributed by atoms with Gasteiger partial charge in [0.15, 0.2) is 0 Å². The molecule has 1 aromatic rings. The average Bonchev–Trinajstić information content (AvgIpc) is 2.26. The summed E-state index contributed by atoms with van der Waals surface area (Å²) in [5.41, 5.74) is 1.84. The van der Waals surface area contributed by atoms with E-state index < -0.39 is 5.60 Å². The van der Waals surface area contributed by atoms with Crippen LogP contribution in [-0.4, -0.2) is 23.8 Å². The van der Waals surface area contributed by atoms with Crippen molar-refractivity contribution in [3.63, 3.8) is 0 Å². The van der Waals surface area contributed by atoms with Crippen molar-refractivity contribution in [2.75, 3.05) is 18.0 Å². The average molecular weight is 221 g/mol. The Kier molecular flexibility index (Phi) is 4.36. The van der Waals surface area contributed by atoms with E-state index in [0.717, 1.165) is 13.0 Å². The van der Waals surface area contributed by atoms with Gasteiger partial charge in [0.25, 0.3) is 0 Å². The quantitative estimate of drug-likeness (QED) is 0.826. The fourth-order valence-electron chi connectivity index (χ4n) is 1.73. The monoisotopic (exact) mass is 221 g/mol. The Labute approximate surface area is 98.9 Å². The van der Waals surface area contributed by atoms with Gasteiger partial charge in [-0.2, -0.15) is 0 Å². The number of aryl methyl sites for hydroxylation is 1. The van der Waals surface area contributed by atoms with Crippen LogP contribution in [0.5, 0.6) is 0 Å². The minimum atomic E-state index is -0.611. The van der Waals surface area contributed by atoms with Gasteiger partial charge in [0.05, 0.1) is 5.60 Å². The molecule has 0 bridgehead atoms. The summed E-state index contributed by atoms with van der Waals surface area (Å²) in [5.74, 6) is 0. The van der Waals surface area contributed by atoms with Crippen molar-refractivity contribution in [2.45, 2.75) is 39.7 Å². The molecule has 0 spiro atoms. The molecular weight excluding hydrogens is 198 g/mol. The lowest BCUT2D eigenvalue weighted by molar-refractivity contribution is 0.0632. The molecule has 0 saturated heterocycles. The van der Waals surface area contributed by atoms with Crippen LogP contribution in [0.25, 0.3) is 0 Å². The number of benzene rings is 1. The lowest BCUT2D eigenvalue weighted by Gasteiger charge is -2.32. The zero-order chi connectivity index (χ0) is 12.2. The van der Waals surface area contributed by atoms with E-state index >= 15 is 0 Å². The smallest absolute Gasteiger partial charge is 0.0791 e. The normalized spacial score (nSPS) is 14.6. The van der Waals surface area contributed by atoms with Crippen LogP contribution in [-0.2, 0) is 0 Å². The fraction of sp³-hybridized carbons (Fsp3) is 0.571. The van der Waals surface area contributed by atoms with Crippen molar-refractivity contribution in [1.29, 1.82) is 0 Å². The largest absolute Gasteiger partial charge is 0.388 e. The molecule has 2 heteroatoms. The van der Waals surface area contributed by atoms with Gasteiger partial charge < -0.3 is 10.0 Å². The van der Waals surface area contributed by atoms with Crippen molar-refractivity contribution in [2.24, 2.45) is 0 Å². The van der Waals surface area contributed by atoms with Crippen LogP contribution >= 0.6 is 0 Å². The maximum atomic E-state index is 10.1. The number of hydrogen-bond acceptors (Lipinski definition) is 2. The Hall–Kier alpha value is -1.02. The fourth-order valence-corrected chi connectivity index (χ4v) is 1.73. The summed E-state index contributed by atoms with van der Waals surface area (Å²) in [6.45, 7) is 9.72. The van der Waals surface area contributed by atoms with Crippen molar-refractivity contribution < 1.29 is 5.11 Å². The van der Waals surface area contributed by atoms with Gasteiger partial charge in [-0.1, -0.05) is 19.1 Å². The highest BCUT2D eigenvalue weighted by Crippen LogP contribution is 2.19. The van der Waals surface area contributed by atoms with Crippen LogP contribution in [0.3, 0.4) is 0 Å². The maximum absolute atomic E-state index is 10.1. The van der Waals surface area contributed by atoms with E-state index in [1.54, 1.807) is 0 Å². The summed E-state index contributed by atoms with van der Waals surface area (Å²) in [4.78, 5) is 2.22.